The van der Waals surface area contributed by atoms with Crippen molar-refractivity contribution < 1.29 is 13.9 Å². The van der Waals surface area contributed by atoms with E-state index in [2.05, 4.69) is 10.3 Å². The zero-order valence-electron chi connectivity index (χ0n) is 10.2. The highest BCUT2D eigenvalue weighted by atomic mass is 32.2. The third kappa shape index (κ3) is 3.36. The molecule has 2 rings (SSSR count). The molecule has 0 saturated carbocycles. The minimum Gasteiger partial charge on any atom is -0.480 e. The topological polar surface area (TPSA) is 66.6 Å². The SMILES string of the molecule is CSC(=Nc1cccc(F)c1OC1COC1)NC#N. The van der Waals surface area contributed by atoms with Crippen molar-refractivity contribution in [3.63, 3.8) is 0 Å². The van der Waals surface area contributed by atoms with E-state index < -0.39 is 5.82 Å². The van der Waals surface area contributed by atoms with Crippen molar-refractivity contribution in [2.24, 2.45) is 4.99 Å². The van der Waals surface area contributed by atoms with Crippen LogP contribution in [0.1, 0.15) is 0 Å². The number of para-hydroxylation sites is 1. The van der Waals surface area contributed by atoms with Gasteiger partial charge >= 0.3 is 0 Å². The molecule has 0 atom stereocenters. The monoisotopic (exact) mass is 281 g/mol. The summed E-state index contributed by atoms with van der Waals surface area (Å²) in [6.45, 7) is 0.895. The average molecular weight is 281 g/mol. The molecule has 1 aliphatic heterocycles. The maximum Gasteiger partial charge on any atom is 0.183 e. The van der Waals surface area contributed by atoms with Crippen LogP contribution in [0.5, 0.6) is 5.75 Å². The Balaban J connectivity index is 2.28. The van der Waals surface area contributed by atoms with Gasteiger partial charge in [0.1, 0.15) is 11.8 Å². The summed E-state index contributed by atoms with van der Waals surface area (Å²) in [5.41, 5.74) is 0.346. The first kappa shape index (κ1) is 13.6. The number of ether oxygens (including phenoxy) is 2. The van der Waals surface area contributed by atoms with Gasteiger partial charge in [0.25, 0.3) is 0 Å². The number of rotatable bonds is 3. The lowest BCUT2D eigenvalue weighted by Gasteiger charge is -2.27. The summed E-state index contributed by atoms with van der Waals surface area (Å²) in [7, 11) is 0. The van der Waals surface area contributed by atoms with Gasteiger partial charge in [-0.15, -0.1) is 0 Å². The predicted octanol–water partition coefficient (Wildman–Crippen LogP) is 2.02. The fourth-order valence-electron chi connectivity index (χ4n) is 1.43. The van der Waals surface area contributed by atoms with Crippen LogP contribution in [0.4, 0.5) is 10.1 Å². The Morgan fingerprint density at radius 3 is 3.00 bits per heavy atom. The quantitative estimate of drug-likeness (QED) is 0.397. The lowest BCUT2D eigenvalue weighted by atomic mass is 10.2. The van der Waals surface area contributed by atoms with Crippen molar-refractivity contribution in [2.45, 2.75) is 6.10 Å². The Bertz CT molecular complexity index is 526. The van der Waals surface area contributed by atoms with E-state index in [0.717, 1.165) is 0 Å². The highest BCUT2D eigenvalue weighted by molar-refractivity contribution is 8.13. The molecule has 1 aromatic rings. The van der Waals surface area contributed by atoms with Gasteiger partial charge in [0.05, 0.1) is 13.2 Å². The fraction of sp³-hybridized carbons (Fsp3) is 0.333. The maximum atomic E-state index is 13.8. The minimum atomic E-state index is -0.481. The summed E-state index contributed by atoms with van der Waals surface area (Å²) < 4.78 is 24.3. The molecule has 5 nitrogen and oxygen atoms in total. The van der Waals surface area contributed by atoms with Crippen LogP contribution in [0.2, 0.25) is 0 Å². The molecule has 1 aliphatic rings. The molecule has 7 heteroatoms. The first-order valence-corrected chi connectivity index (χ1v) is 6.77. The Kier molecular flexibility index (Phi) is 4.60. The standard InChI is InChI=1S/C12H12FN3O2S/c1-19-12(15-7-14)16-10-4-2-3-9(13)11(10)18-8-5-17-6-8/h2-4,8H,5-6H2,1H3,(H,15,16). The van der Waals surface area contributed by atoms with Gasteiger partial charge in [-0.25, -0.2) is 9.38 Å². The van der Waals surface area contributed by atoms with Gasteiger partial charge in [-0.2, -0.15) is 5.26 Å². The second kappa shape index (κ2) is 6.41. The molecule has 1 saturated heterocycles. The number of halogens is 1. The Labute approximate surface area is 114 Å². The summed E-state index contributed by atoms with van der Waals surface area (Å²) >= 11 is 1.26. The molecule has 1 heterocycles. The number of nitrogens with zero attached hydrogens (tertiary/aromatic N) is 2. The van der Waals surface area contributed by atoms with Crippen molar-refractivity contribution in [1.29, 1.82) is 5.26 Å². The first-order chi connectivity index (χ1) is 9.24. The zero-order valence-corrected chi connectivity index (χ0v) is 11.0. The molecule has 0 unspecified atom stereocenters. The molecule has 0 aromatic heterocycles. The fourth-order valence-corrected chi connectivity index (χ4v) is 1.77. The zero-order chi connectivity index (χ0) is 13.7. The molecule has 1 N–H and O–H groups in total. The van der Waals surface area contributed by atoms with E-state index in [9.17, 15) is 4.39 Å². The van der Waals surface area contributed by atoms with Crippen LogP contribution in [-0.4, -0.2) is 30.7 Å². The van der Waals surface area contributed by atoms with Crippen LogP contribution in [0.25, 0.3) is 0 Å². The van der Waals surface area contributed by atoms with E-state index in [1.165, 1.54) is 17.8 Å². The van der Waals surface area contributed by atoms with Crippen molar-refractivity contribution in [3.8, 4) is 11.9 Å². The highest BCUT2D eigenvalue weighted by Crippen LogP contribution is 2.32. The van der Waals surface area contributed by atoms with Crippen molar-refractivity contribution in [2.75, 3.05) is 19.5 Å². The second-order valence-electron chi connectivity index (χ2n) is 3.72. The van der Waals surface area contributed by atoms with Crippen LogP contribution >= 0.6 is 11.8 Å². The van der Waals surface area contributed by atoms with Gasteiger partial charge in [-0.3, -0.25) is 5.32 Å². The van der Waals surface area contributed by atoms with E-state index in [1.54, 1.807) is 24.6 Å². The predicted molar refractivity (Wildman–Crippen MR) is 71.0 cm³/mol. The summed E-state index contributed by atoms with van der Waals surface area (Å²) in [6, 6.07) is 4.49. The molecule has 0 amide bonds. The van der Waals surface area contributed by atoms with Crippen LogP contribution in [0, 0.1) is 17.3 Å². The molecule has 0 spiro atoms. The molecule has 0 radical (unpaired) electrons. The van der Waals surface area contributed by atoms with E-state index in [0.29, 0.717) is 24.1 Å². The van der Waals surface area contributed by atoms with Crippen LogP contribution in [-0.2, 0) is 4.74 Å². The second-order valence-corrected chi connectivity index (χ2v) is 4.52. The van der Waals surface area contributed by atoms with Crippen LogP contribution < -0.4 is 10.1 Å². The Morgan fingerprint density at radius 1 is 1.63 bits per heavy atom. The lowest BCUT2D eigenvalue weighted by molar-refractivity contribution is -0.0806. The molecule has 0 bridgehead atoms. The molecule has 1 fully saturated rings. The molecule has 100 valence electrons. The smallest absolute Gasteiger partial charge is 0.183 e. The highest BCUT2D eigenvalue weighted by Gasteiger charge is 2.23. The third-order valence-corrected chi connectivity index (χ3v) is 3.00. The number of nitrogens with one attached hydrogen (secondary N) is 1. The maximum absolute atomic E-state index is 13.8. The van der Waals surface area contributed by atoms with Crippen molar-refractivity contribution >= 4 is 22.6 Å². The van der Waals surface area contributed by atoms with Gasteiger partial charge in [-0.05, 0) is 18.4 Å². The average Bonchev–Trinajstić information content (AvgIpc) is 2.35. The number of amidine groups is 1. The van der Waals surface area contributed by atoms with Gasteiger partial charge in [0, 0.05) is 0 Å². The number of nitriles is 1. The molecule has 1 aromatic carbocycles. The molecule has 19 heavy (non-hydrogen) atoms. The summed E-state index contributed by atoms with van der Waals surface area (Å²) in [4.78, 5) is 4.18. The molecule has 0 aliphatic carbocycles. The van der Waals surface area contributed by atoms with Gasteiger partial charge in [-0.1, -0.05) is 17.8 Å². The number of hydrogen-bond donors (Lipinski definition) is 1. The Morgan fingerprint density at radius 2 is 2.42 bits per heavy atom. The summed E-state index contributed by atoms with van der Waals surface area (Å²) in [5, 5.41) is 11.4. The van der Waals surface area contributed by atoms with E-state index in [1.807, 2.05) is 0 Å². The number of hydrogen-bond acceptors (Lipinski definition) is 5. The number of aliphatic imine (C=N–C) groups is 1. The number of thioether (sulfide) groups is 1. The van der Waals surface area contributed by atoms with Gasteiger partial charge < -0.3 is 9.47 Å². The van der Waals surface area contributed by atoms with Crippen molar-refractivity contribution in [3.05, 3.63) is 24.0 Å². The largest absolute Gasteiger partial charge is 0.480 e. The minimum absolute atomic E-state index is 0.0853. The summed E-state index contributed by atoms with van der Waals surface area (Å²) in [5.74, 6) is -0.396. The van der Waals surface area contributed by atoms with Crippen molar-refractivity contribution in [1.82, 2.24) is 5.32 Å². The Hall–Kier alpha value is -1.78. The van der Waals surface area contributed by atoms with E-state index in [-0.39, 0.29) is 11.9 Å². The number of benzene rings is 1. The van der Waals surface area contributed by atoms with Gasteiger partial charge in [0.15, 0.2) is 22.9 Å². The normalized spacial score (nSPS) is 15.5. The van der Waals surface area contributed by atoms with E-state index in [4.69, 9.17) is 14.7 Å². The van der Waals surface area contributed by atoms with Gasteiger partial charge in [0.2, 0.25) is 0 Å². The molecular weight excluding hydrogens is 269 g/mol. The third-order valence-electron chi connectivity index (χ3n) is 2.42. The van der Waals surface area contributed by atoms with Crippen LogP contribution in [0.15, 0.2) is 23.2 Å². The van der Waals surface area contributed by atoms with E-state index >= 15 is 0 Å². The molecular formula is C12H12FN3O2S. The lowest BCUT2D eigenvalue weighted by Crippen LogP contribution is -2.38. The van der Waals surface area contributed by atoms with Crippen LogP contribution in [0.3, 0.4) is 0 Å². The summed E-state index contributed by atoms with van der Waals surface area (Å²) in [6.07, 6.45) is 3.40. The first-order valence-electron chi connectivity index (χ1n) is 5.55.